The van der Waals surface area contributed by atoms with Gasteiger partial charge in [-0.1, -0.05) is 78.4 Å². The van der Waals surface area contributed by atoms with Gasteiger partial charge >= 0.3 is 6.03 Å². The van der Waals surface area contributed by atoms with E-state index in [9.17, 15) is 14.4 Å². The molecule has 6 rings (SSSR count). The van der Waals surface area contributed by atoms with E-state index in [0.717, 1.165) is 11.1 Å². The summed E-state index contributed by atoms with van der Waals surface area (Å²) in [4.78, 5) is 44.2. The number of hydrogen-bond donors (Lipinski definition) is 2. The number of aryl methyl sites for hydroxylation is 1. The smallest absolute Gasteiger partial charge is 0.322 e. The van der Waals surface area contributed by atoms with Gasteiger partial charge in [0.2, 0.25) is 5.91 Å². The monoisotopic (exact) mass is 572 g/mol. The molecule has 2 atom stereocenters. The van der Waals surface area contributed by atoms with Crippen LogP contribution >= 0.6 is 0 Å². The maximum Gasteiger partial charge on any atom is 0.322 e. The zero-order chi connectivity index (χ0) is 29.9. The average molecular weight is 573 g/mol. The molecule has 2 unspecified atom stereocenters. The third-order valence-electron chi connectivity index (χ3n) is 7.83. The van der Waals surface area contributed by atoms with Crippen molar-refractivity contribution < 1.29 is 19.1 Å². The molecule has 4 amide bonds. The predicted octanol–water partition coefficient (Wildman–Crippen LogP) is 5.83. The highest BCUT2D eigenvalue weighted by molar-refractivity contribution is 6.05. The summed E-state index contributed by atoms with van der Waals surface area (Å²) in [6, 6.07) is 32.1. The highest BCUT2D eigenvalue weighted by Gasteiger charge is 2.46. The van der Waals surface area contributed by atoms with Gasteiger partial charge in [0.1, 0.15) is 17.5 Å². The van der Waals surface area contributed by atoms with Crippen LogP contribution in [0.1, 0.15) is 22.7 Å². The second kappa shape index (κ2) is 11.9. The third kappa shape index (κ3) is 5.85. The number of likely N-dealkylation sites (N-methyl/N-ethyl adjacent to an activating group) is 1. The van der Waals surface area contributed by atoms with Crippen LogP contribution in [0.4, 0.5) is 10.5 Å². The van der Waals surface area contributed by atoms with Crippen LogP contribution in [0.25, 0.3) is 0 Å². The highest BCUT2D eigenvalue weighted by atomic mass is 16.5. The molecule has 0 bridgehead atoms. The van der Waals surface area contributed by atoms with E-state index >= 15 is 0 Å². The molecule has 2 aliphatic rings. The lowest BCUT2D eigenvalue weighted by molar-refractivity contribution is -0.134. The number of carbonyl (C=O) groups is 3. The first kappa shape index (κ1) is 27.8. The van der Waals surface area contributed by atoms with Crippen molar-refractivity contribution in [2.24, 2.45) is 0 Å². The molecular formula is C35H32N4O4. The van der Waals surface area contributed by atoms with Crippen LogP contribution in [0.15, 0.2) is 120 Å². The Bertz CT molecular complexity index is 1690. The minimum atomic E-state index is -0.807. The summed E-state index contributed by atoms with van der Waals surface area (Å²) < 4.78 is 6.03. The van der Waals surface area contributed by atoms with E-state index < -0.39 is 12.1 Å². The van der Waals surface area contributed by atoms with Crippen LogP contribution in [0.3, 0.4) is 0 Å². The largest absolute Gasteiger partial charge is 0.457 e. The van der Waals surface area contributed by atoms with Gasteiger partial charge in [0.05, 0.1) is 23.9 Å². The number of para-hydroxylation sites is 1. The minimum Gasteiger partial charge on any atom is -0.457 e. The number of urea groups is 1. The summed E-state index contributed by atoms with van der Waals surface area (Å²) in [7, 11) is 1.64. The van der Waals surface area contributed by atoms with Gasteiger partial charge in [-0.25, -0.2) is 4.79 Å². The van der Waals surface area contributed by atoms with Crippen LogP contribution in [0, 0.1) is 6.92 Å². The Morgan fingerprint density at radius 3 is 2.30 bits per heavy atom. The van der Waals surface area contributed by atoms with E-state index in [-0.39, 0.29) is 24.4 Å². The first-order valence-electron chi connectivity index (χ1n) is 14.2. The van der Waals surface area contributed by atoms with Crippen molar-refractivity contribution >= 4 is 23.5 Å². The molecule has 0 saturated carbocycles. The summed E-state index contributed by atoms with van der Waals surface area (Å²) >= 11 is 0. The van der Waals surface area contributed by atoms with Crippen LogP contribution in [-0.2, 0) is 16.0 Å². The number of hydrogen-bond acceptors (Lipinski definition) is 4. The molecule has 0 aliphatic carbocycles. The molecule has 8 nitrogen and oxygen atoms in total. The SMILES string of the molecule is Cc1ccc(NC(=O)C(Cc2ccccc2)N2CC3=C(C2=O)C(c2cccc(Oc4ccccc4)c2)NC(=O)N3C)cc1. The number of nitrogens with one attached hydrogen (secondary N) is 2. The number of ether oxygens (including phenoxy) is 1. The summed E-state index contributed by atoms with van der Waals surface area (Å²) in [5.74, 6) is 0.679. The van der Waals surface area contributed by atoms with Crippen molar-refractivity contribution in [2.45, 2.75) is 25.4 Å². The fourth-order valence-corrected chi connectivity index (χ4v) is 5.52. The van der Waals surface area contributed by atoms with Crippen molar-refractivity contribution in [1.29, 1.82) is 0 Å². The molecule has 216 valence electrons. The maximum absolute atomic E-state index is 14.3. The van der Waals surface area contributed by atoms with E-state index in [4.69, 9.17) is 4.74 Å². The van der Waals surface area contributed by atoms with Gasteiger partial charge < -0.3 is 20.3 Å². The van der Waals surface area contributed by atoms with Gasteiger partial charge in [0, 0.05) is 19.2 Å². The zero-order valence-electron chi connectivity index (χ0n) is 24.0. The lowest BCUT2D eigenvalue weighted by atomic mass is 9.95. The topological polar surface area (TPSA) is 91.0 Å². The van der Waals surface area contributed by atoms with Crippen LogP contribution < -0.4 is 15.4 Å². The number of nitrogens with zero attached hydrogens (tertiary/aromatic N) is 2. The van der Waals surface area contributed by atoms with Crippen molar-refractivity contribution in [1.82, 2.24) is 15.1 Å². The Balaban J connectivity index is 1.32. The normalized spacial score (nSPS) is 16.9. The minimum absolute atomic E-state index is 0.133. The van der Waals surface area contributed by atoms with Gasteiger partial charge in [0.25, 0.3) is 5.91 Å². The number of benzene rings is 4. The molecule has 8 heteroatoms. The standard InChI is InChI=1S/C35H32N4O4/c1-23-16-18-26(19-17-23)36-33(40)29(20-24-10-5-3-6-11-24)39-22-30-31(34(39)41)32(37-35(42)38(30)2)25-12-9-15-28(21-25)43-27-13-7-4-8-14-27/h3-19,21,29,32H,20,22H2,1-2H3,(H,36,40)(H,37,42). The molecule has 4 aromatic rings. The van der Waals surface area contributed by atoms with Crippen molar-refractivity contribution in [3.05, 3.63) is 137 Å². The zero-order valence-corrected chi connectivity index (χ0v) is 24.0. The van der Waals surface area contributed by atoms with Gasteiger partial charge in [-0.05, 0) is 54.4 Å². The van der Waals surface area contributed by atoms with Crippen LogP contribution in [0.2, 0.25) is 0 Å². The molecule has 0 saturated heterocycles. The molecule has 4 aromatic carbocycles. The Morgan fingerprint density at radius 1 is 0.907 bits per heavy atom. The van der Waals surface area contributed by atoms with E-state index in [2.05, 4.69) is 10.6 Å². The summed E-state index contributed by atoms with van der Waals surface area (Å²) in [5, 5.41) is 5.98. The summed E-state index contributed by atoms with van der Waals surface area (Å²) in [5.41, 5.74) is 4.39. The molecule has 2 N–H and O–H groups in total. The average Bonchev–Trinajstić information content (AvgIpc) is 3.36. The summed E-state index contributed by atoms with van der Waals surface area (Å²) in [6.07, 6.45) is 0.320. The Hall–Kier alpha value is -5.37. The lowest BCUT2D eigenvalue weighted by Crippen LogP contribution is -2.47. The molecule has 43 heavy (non-hydrogen) atoms. The maximum atomic E-state index is 14.3. The third-order valence-corrected chi connectivity index (χ3v) is 7.83. The second-order valence-electron chi connectivity index (χ2n) is 10.8. The molecule has 0 radical (unpaired) electrons. The Kier molecular flexibility index (Phi) is 7.66. The number of carbonyl (C=O) groups excluding carboxylic acids is 3. The van der Waals surface area contributed by atoms with Gasteiger partial charge in [-0.15, -0.1) is 0 Å². The van der Waals surface area contributed by atoms with Crippen LogP contribution in [0.5, 0.6) is 11.5 Å². The molecule has 2 aliphatic heterocycles. The van der Waals surface area contributed by atoms with E-state index in [1.165, 1.54) is 4.90 Å². The number of rotatable bonds is 8. The van der Waals surface area contributed by atoms with Gasteiger partial charge in [-0.2, -0.15) is 0 Å². The molecule has 0 fully saturated rings. The molecule has 2 heterocycles. The Labute approximate surface area is 250 Å². The Morgan fingerprint density at radius 2 is 1.58 bits per heavy atom. The van der Waals surface area contributed by atoms with Crippen molar-refractivity contribution in [3.8, 4) is 11.5 Å². The van der Waals surface area contributed by atoms with E-state index in [1.54, 1.807) is 11.9 Å². The molecule has 0 spiro atoms. The predicted molar refractivity (Wildman–Crippen MR) is 164 cm³/mol. The fourth-order valence-electron chi connectivity index (χ4n) is 5.52. The van der Waals surface area contributed by atoms with Crippen molar-refractivity contribution in [3.63, 3.8) is 0 Å². The van der Waals surface area contributed by atoms with E-state index in [1.807, 2.05) is 116 Å². The first-order valence-corrected chi connectivity index (χ1v) is 14.2. The fraction of sp³-hybridized carbons (Fsp3) is 0.171. The number of anilines is 1. The highest BCUT2D eigenvalue weighted by Crippen LogP contribution is 2.38. The van der Waals surface area contributed by atoms with Crippen molar-refractivity contribution in [2.75, 3.05) is 18.9 Å². The van der Waals surface area contributed by atoms with E-state index in [0.29, 0.717) is 40.4 Å². The summed E-state index contributed by atoms with van der Waals surface area (Å²) in [6.45, 7) is 2.11. The number of amides is 4. The lowest BCUT2D eigenvalue weighted by Gasteiger charge is -2.31. The first-order chi connectivity index (χ1) is 20.9. The van der Waals surface area contributed by atoms with Gasteiger partial charge in [0.15, 0.2) is 0 Å². The quantitative estimate of drug-likeness (QED) is 0.278. The molecular weight excluding hydrogens is 540 g/mol. The molecule has 0 aromatic heterocycles. The van der Waals surface area contributed by atoms with Crippen LogP contribution in [-0.4, -0.2) is 47.3 Å². The second-order valence-corrected chi connectivity index (χ2v) is 10.8. The van der Waals surface area contributed by atoms with Gasteiger partial charge in [-0.3, -0.25) is 14.5 Å².